The summed E-state index contributed by atoms with van der Waals surface area (Å²) >= 11 is 12.5. The molecule has 1 unspecified atom stereocenters. The van der Waals surface area contributed by atoms with Crippen molar-refractivity contribution in [3.63, 3.8) is 0 Å². The zero-order valence-electron chi connectivity index (χ0n) is 21.8. The smallest absolute Gasteiger partial charge is 0.404 e. The first-order valence-corrected chi connectivity index (χ1v) is 13.8. The number of imidazole rings is 1. The topological polar surface area (TPSA) is 92.4 Å². The van der Waals surface area contributed by atoms with Gasteiger partial charge in [-0.1, -0.05) is 47.5 Å². The van der Waals surface area contributed by atoms with Gasteiger partial charge in [-0.2, -0.15) is 0 Å². The van der Waals surface area contributed by atoms with Crippen LogP contribution in [0, 0.1) is 0 Å². The standard InChI is InChI=1S/C30H27Cl2N5O3/c1-35-26-11-9-20(29(38)36-12-4-6-21(17-36)33-30(39)40)14-24(26)34-28(35)27-15-19-5-2-3-7-25(19)37(27)16-18-8-10-22(31)23(32)13-18/h2-3,5,7-11,13-15,21,33H,4,6,12,16-17H2,1H3,(H,39,40). The average Bonchev–Trinajstić information content (AvgIpc) is 3.47. The second-order valence-electron chi connectivity index (χ2n) is 10.2. The number of carboxylic acid groups (broad SMARTS) is 1. The number of amides is 2. The van der Waals surface area contributed by atoms with Crippen LogP contribution in [0.4, 0.5) is 4.79 Å². The molecule has 0 bridgehead atoms. The van der Waals surface area contributed by atoms with Gasteiger partial charge in [-0.15, -0.1) is 0 Å². The molecule has 1 aliphatic rings. The minimum atomic E-state index is -1.07. The minimum absolute atomic E-state index is 0.125. The van der Waals surface area contributed by atoms with Crippen molar-refractivity contribution in [2.75, 3.05) is 13.1 Å². The summed E-state index contributed by atoms with van der Waals surface area (Å²) in [6, 6.07) is 21.3. The summed E-state index contributed by atoms with van der Waals surface area (Å²) in [4.78, 5) is 31.1. The van der Waals surface area contributed by atoms with E-state index in [-0.39, 0.29) is 11.9 Å². The minimum Gasteiger partial charge on any atom is -0.465 e. The number of aryl methyl sites for hydroxylation is 1. The van der Waals surface area contributed by atoms with E-state index in [1.165, 1.54) is 0 Å². The number of halogens is 2. The van der Waals surface area contributed by atoms with E-state index in [2.05, 4.69) is 28.1 Å². The summed E-state index contributed by atoms with van der Waals surface area (Å²) in [7, 11) is 1.97. The first-order chi connectivity index (χ1) is 19.3. The molecule has 0 radical (unpaired) electrons. The van der Waals surface area contributed by atoms with Gasteiger partial charge in [0.2, 0.25) is 0 Å². The van der Waals surface area contributed by atoms with Gasteiger partial charge in [-0.25, -0.2) is 9.78 Å². The lowest BCUT2D eigenvalue weighted by atomic mass is 10.0. The summed E-state index contributed by atoms with van der Waals surface area (Å²) in [5.74, 6) is 0.652. The number of nitrogens with one attached hydrogen (secondary N) is 1. The summed E-state index contributed by atoms with van der Waals surface area (Å²) in [5.41, 5.74) is 5.18. The first kappa shape index (κ1) is 26.2. The molecule has 204 valence electrons. The summed E-state index contributed by atoms with van der Waals surface area (Å²) in [6.07, 6.45) is 0.392. The Morgan fingerprint density at radius 3 is 2.65 bits per heavy atom. The van der Waals surface area contributed by atoms with Gasteiger partial charge in [0.05, 0.1) is 26.8 Å². The SMILES string of the molecule is Cn1c(-c2cc3ccccc3n2Cc2ccc(Cl)c(Cl)c2)nc2cc(C(=O)N3CCCC(NC(=O)O)C3)ccc21. The summed E-state index contributed by atoms with van der Waals surface area (Å²) in [6.45, 7) is 1.52. The molecular weight excluding hydrogens is 549 g/mol. The molecule has 0 spiro atoms. The van der Waals surface area contributed by atoms with E-state index in [1.54, 1.807) is 11.0 Å². The molecule has 1 fully saturated rings. The number of nitrogens with zero attached hydrogens (tertiary/aromatic N) is 4. The van der Waals surface area contributed by atoms with E-state index in [1.807, 2.05) is 54.1 Å². The van der Waals surface area contributed by atoms with Gasteiger partial charge in [0.15, 0.2) is 5.82 Å². The largest absolute Gasteiger partial charge is 0.465 e. The Balaban J connectivity index is 1.37. The van der Waals surface area contributed by atoms with E-state index in [0.29, 0.717) is 40.8 Å². The number of carbonyl (C=O) groups is 2. The Morgan fingerprint density at radius 1 is 1.02 bits per heavy atom. The molecule has 40 heavy (non-hydrogen) atoms. The number of fused-ring (bicyclic) bond motifs is 2. The Kier molecular flexibility index (Phi) is 6.90. The van der Waals surface area contributed by atoms with Gasteiger partial charge in [0.1, 0.15) is 0 Å². The number of hydrogen-bond acceptors (Lipinski definition) is 3. The number of carbonyl (C=O) groups excluding carboxylic acids is 1. The lowest BCUT2D eigenvalue weighted by molar-refractivity contribution is 0.0692. The highest BCUT2D eigenvalue weighted by Crippen LogP contribution is 2.32. The van der Waals surface area contributed by atoms with Crippen LogP contribution in [0.2, 0.25) is 10.0 Å². The Morgan fingerprint density at radius 2 is 1.85 bits per heavy atom. The van der Waals surface area contributed by atoms with Crippen molar-refractivity contribution in [3.8, 4) is 11.5 Å². The third kappa shape index (κ3) is 4.89. The van der Waals surface area contributed by atoms with E-state index in [9.17, 15) is 9.59 Å². The van der Waals surface area contributed by atoms with Crippen LogP contribution < -0.4 is 5.32 Å². The van der Waals surface area contributed by atoms with E-state index >= 15 is 0 Å². The fraction of sp³-hybridized carbons (Fsp3) is 0.233. The van der Waals surface area contributed by atoms with Gasteiger partial charge in [0, 0.05) is 49.2 Å². The van der Waals surface area contributed by atoms with Crippen molar-refractivity contribution in [2.45, 2.75) is 25.4 Å². The number of para-hydroxylation sites is 1. The highest BCUT2D eigenvalue weighted by Gasteiger charge is 2.26. The maximum Gasteiger partial charge on any atom is 0.404 e. The normalized spacial score (nSPS) is 15.6. The Bertz CT molecular complexity index is 1780. The quantitative estimate of drug-likeness (QED) is 0.253. The monoisotopic (exact) mass is 575 g/mol. The second-order valence-corrected chi connectivity index (χ2v) is 11.0. The van der Waals surface area contributed by atoms with E-state index in [4.69, 9.17) is 33.3 Å². The Hall–Kier alpha value is -4.01. The number of rotatable bonds is 5. The third-order valence-corrected chi connectivity index (χ3v) is 8.27. The number of benzene rings is 3. The predicted molar refractivity (Wildman–Crippen MR) is 157 cm³/mol. The molecule has 0 saturated carbocycles. The molecule has 2 amide bonds. The molecule has 10 heteroatoms. The fourth-order valence-corrected chi connectivity index (χ4v) is 5.91. The van der Waals surface area contributed by atoms with Gasteiger partial charge in [0.25, 0.3) is 5.91 Å². The van der Waals surface area contributed by atoms with Crippen molar-refractivity contribution in [1.82, 2.24) is 24.3 Å². The zero-order valence-corrected chi connectivity index (χ0v) is 23.3. The van der Waals surface area contributed by atoms with E-state index in [0.717, 1.165) is 46.3 Å². The molecule has 6 rings (SSSR count). The third-order valence-electron chi connectivity index (χ3n) is 7.53. The molecular formula is C30H27Cl2N5O3. The molecule has 2 aromatic heterocycles. The molecule has 2 N–H and O–H groups in total. The summed E-state index contributed by atoms with van der Waals surface area (Å²) < 4.78 is 4.25. The molecule has 3 aromatic carbocycles. The zero-order chi connectivity index (χ0) is 28.0. The molecule has 1 saturated heterocycles. The van der Waals surface area contributed by atoms with E-state index < -0.39 is 6.09 Å². The highest BCUT2D eigenvalue weighted by molar-refractivity contribution is 6.42. The van der Waals surface area contributed by atoms with Crippen molar-refractivity contribution < 1.29 is 14.7 Å². The molecule has 0 aliphatic carbocycles. The second kappa shape index (κ2) is 10.5. The molecule has 5 aromatic rings. The predicted octanol–water partition coefficient (Wildman–Crippen LogP) is 6.42. The van der Waals surface area contributed by atoms with Crippen molar-refractivity contribution in [3.05, 3.63) is 87.9 Å². The van der Waals surface area contributed by atoms with Crippen LogP contribution in [-0.4, -0.2) is 55.3 Å². The highest BCUT2D eigenvalue weighted by atomic mass is 35.5. The van der Waals surface area contributed by atoms with Crippen LogP contribution in [0.15, 0.2) is 66.7 Å². The van der Waals surface area contributed by atoms with Gasteiger partial charge in [-0.05, 0) is 60.9 Å². The Labute approximate surface area is 240 Å². The average molecular weight is 576 g/mol. The van der Waals surface area contributed by atoms with Gasteiger partial charge in [-0.3, -0.25) is 4.79 Å². The van der Waals surface area contributed by atoms with Gasteiger partial charge < -0.3 is 24.5 Å². The van der Waals surface area contributed by atoms with Crippen LogP contribution in [0.25, 0.3) is 33.5 Å². The molecule has 1 atom stereocenters. The number of hydrogen-bond donors (Lipinski definition) is 2. The van der Waals surface area contributed by atoms with Crippen LogP contribution >= 0.6 is 23.2 Å². The number of piperidine rings is 1. The maximum absolute atomic E-state index is 13.4. The molecule has 3 heterocycles. The summed E-state index contributed by atoms with van der Waals surface area (Å²) in [5, 5.41) is 13.7. The van der Waals surface area contributed by atoms with Crippen LogP contribution in [0.1, 0.15) is 28.8 Å². The molecule has 8 nitrogen and oxygen atoms in total. The maximum atomic E-state index is 13.4. The van der Waals surface area contributed by atoms with Crippen LogP contribution in [0.3, 0.4) is 0 Å². The fourth-order valence-electron chi connectivity index (χ4n) is 5.59. The van der Waals surface area contributed by atoms with Gasteiger partial charge >= 0.3 is 6.09 Å². The number of likely N-dealkylation sites (tertiary alicyclic amines) is 1. The van der Waals surface area contributed by atoms with Crippen molar-refractivity contribution in [1.29, 1.82) is 0 Å². The lowest BCUT2D eigenvalue weighted by Crippen LogP contribution is -2.49. The van der Waals surface area contributed by atoms with Crippen molar-refractivity contribution >= 4 is 57.1 Å². The first-order valence-electron chi connectivity index (χ1n) is 13.1. The number of aromatic nitrogens is 3. The molecule has 1 aliphatic heterocycles. The van der Waals surface area contributed by atoms with Crippen LogP contribution in [0.5, 0.6) is 0 Å². The van der Waals surface area contributed by atoms with Crippen LogP contribution in [-0.2, 0) is 13.6 Å². The van der Waals surface area contributed by atoms with Crippen molar-refractivity contribution in [2.24, 2.45) is 7.05 Å². The lowest BCUT2D eigenvalue weighted by Gasteiger charge is -2.32.